The van der Waals surface area contributed by atoms with Gasteiger partial charge in [0.15, 0.2) is 0 Å². The van der Waals surface area contributed by atoms with Crippen molar-refractivity contribution in [3.63, 3.8) is 0 Å². The lowest BCUT2D eigenvalue weighted by atomic mass is 9.82. The van der Waals surface area contributed by atoms with Crippen molar-refractivity contribution in [3.8, 4) is 0 Å². The van der Waals surface area contributed by atoms with Crippen molar-refractivity contribution >= 4 is 10.0 Å². The lowest BCUT2D eigenvalue weighted by Crippen LogP contribution is -2.33. The minimum absolute atomic E-state index is 0.152. The molecule has 1 rings (SSSR count). The summed E-state index contributed by atoms with van der Waals surface area (Å²) in [4.78, 5) is 0. The number of nitrogens with two attached hydrogens (primary N) is 1. The molecule has 0 atom stereocenters. The van der Waals surface area contributed by atoms with Gasteiger partial charge < -0.3 is 10.5 Å². The van der Waals surface area contributed by atoms with E-state index in [0.717, 1.165) is 32.2 Å². The standard InChI is InChI=1S/C12H26N2O3S/c1-17-7-2-8-18(15,16)14-10-12-5-3-11(9-13)4-6-12/h11-12,14H,2-10,13H2,1H3. The van der Waals surface area contributed by atoms with E-state index in [0.29, 0.717) is 31.4 Å². The molecule has 0 aromatic rings. The molecule has 0 aromatic carbocycles. The predicted octanol–water partition coefficient (Wildman–Crippen LogP) is 0.707. The third-order valence-electron chi connectivity index (χ3n) is 3.65. The zero-order chi connectivity index (χ0) is 13.4. The van der Waals surface area contributed by atoms with Crippen LogP contribution in [0.25, 0.3) is 0 Å². The van der Waals surface area contributed by atoms with E-state index in [1.165, 1.54) is 0 Å². The first-order valence-corrected chi connectivity index (χ1v) is 8.39. The van der Waals surface area contributed by atoms with Crippen LogP contribution in [0.2, 0.25) is 0 Å². The van der Waals surface area contributed by atoms with Crippen LogP contribution in [-0.2, 0) is 14.8 Å². The predicted molar refractivity (Wildman–Crippen MR) is 72.8 cm³/mol. The minimum atomic E-state index is -3.13. The molecule has 1 saturated carbocycles. The largest absolute Gasteiger partial charge is 0.385 e. The van der Waals surface area contributed by atoms with Gasteiger partial charge in [-0.15, -0.1) is 0 Å². The van der Waals surface area contributed by atoms with E-state index in [1.807, 2.05) is 0 Å². The molecule has 1 fully saturated rings. The Morgan fingerprint density at radius 3 is 2.39 bits per heavy atom. The van der Waals surface area contributed by atoms with Crippen LogP contribution >= 0.6 is 0 Å². The highest BCUT2D eigenvalue weighted by atomic mass is 32.2. The third-order valence-corrected chi connectivity index (χ3v) is 5.09. The van der Waals surface area contributed by atoms with Crippen LogP contribution in [0.3, 0.4) is 0 Å². The van der Waals surface area contributed by atoms with Gasteiger partial charge in [0.05, 0.1) is 5.75 Å². The molecule has 0 radical (unpaired) electrons. The van der Waals surface area contributed by atoms with E-state index in [4.69, 9.17) is 10.5 Å². The van der Waals surface area contributed by atoms with Crippen molar-refractivity contribution < 1.29 is 13.2 Å². The SMILES string of the molecule is COCCCS(=O)(=O)NCC1CCC(CN)CC1. The number of hydrogen-bond donors (Lipinski definition) is 2. The van der Waals surface area contributed by atoms with Crippen molar-refractivity contribution in [2.24, 2.45) is 17.6 Å². The molecule has 0 spiro atoms. The van der Waals surface area contributed by atoms with Gasteiger partial charge in [0.25, 0.3) is 0 Å². The van der Waals surface area contributed by atoms with Gasteiger partial charge in [0.1, 0.15) is 0 Å². The Balaban J connectivity index is 2.20. The summed E-state index contributed by atoms with van der Waals surface area (Å²) < 4.78 is 30.9. The smallest absolute Gasteiger partial charge is 0.211 e. The molecule has 3 N–H and O–H groups in total. The molecule has 0 unspecified atom stereocenters. The first-order valence-electron chi connectivity index (χ1n) is 6.73. The Morgan fingerprint density at radius 1 is 1.22 bits per heavy atom. The van der Waals surface area contributed by atoms with Crippen molar-refractivity contribution in [1.82, 2.24) is 4.72 Å². The van der Waals surface area contributed by atoms with Gasteiger partial charge in [-0.3, -0.25) is 0 Å². The second kappa shape index (κ2) is 8.09. The number of hydrogen-bond acceptors (Lipinski definition) is 4. The van der Waals surface area contributed by atoms with E-state index >= 15 is 0 Å². The van der Waals surface area contributed by atoms with Crippen LogP contribution in [0.15, 0.2) is 0 Å². The number of rotatable bonds is 8. The number of nitrogens with one attached hydrogen (secondary N) is 1. The van der Waals surface area contributed by atoms with Crippen molar-refractivity contribution in [2.45, 2.75) is 32.1 Å². The summed E-state index contributed by atoms with van der Waals surface area (Å²) in [6.07, 6.45) is 4.98. The Morgan fingerprint density at radius 2 is 1.83 bits per heavy atom. The van der Waals surface area contributed by atoms with Gasteiger partial charge in [-0.1, -0.05) is 0 Å². The lowest BCUT2D eigenvalue weighted by Gasteiger charge is -2.27. The van der Waals surface area contributed by atoms with Crippen LogP contribution in [0.1, 0.15) is 32.1 Å². The molecule has 0 saturated heterocycles. The molecule has 1 aliphatic carbocycles. The molecule has 0 aliphatic heterocycles. The molecule has 0 bridgehead atoms. The molecule has 0 aromatic heterocycles. The van der Waals surface area contributed by atoms with Crippen LogP contribution in [0.4, 0.5) is 0 Å². The van der Waals surface area contributed by atoms with Gasteiger partial charge in [0.2, 0.25) is 10.0 Å². The first-order chi connectivity index (χ1) is 8.57. The number of ether oxygens (including phenoxy) is 1. The molecular formula is C12H26N2O3S. The average Bonchev–Trinajstić information content (AvgIpc) is 2.37. The fourth-order valence-corrected chi connectivity index (χ4v) is 3.51. The lowest BCUT2D eigenvalue weighted by molar-refractivity contribution is 0.199. The monoisotopic (exact) mass is 278 g/mol. The minimum Gasteiger partial charge on any atom is -0.385 e. The second-order valence-electron chi connectivity index (χ2n) is 5.14. The van der Waals surface area contributed by atoms with Crippen molar-refractivity contribution in [2.75, 3.05) is 32.6 Å². The van der Waals surface area contributed by atoms with Gasteiger partial charge in [-0.25, -0.2) is 13.1 Å². The zero-order valence-corrected chi connectivity index (χ0v) is 12.0. The highest BCUT2D eigenvalue weighted by molar-refractivity contribution is 7.89. The fraction of sp³-hybridized carbons (Fsp3) is 1.00. The molecule has 108 valence electrons. The van der Waals surface area contributed by atoms with Gasteiger partial charge in [-0.05, 0) is 50.5 Å². The van der Waals surface area contributed by atoms with Crippen LogP contribution in [-0.4, -0.2) is 41.0 Å². The topological polar surface area (TPSA) is 81.4 Å². The van der Waals surface area contributed by atoms with E-state index in [2.05, 4.69) is 4.72 Å². The summed E-state index contributed by atoms with van der Waals surface area (Å²) in [5.74, 6) is 1.27. The maximum atomic E-state index is 11.7. The van der Waals surface area contributed by atoms with Crippen molar-refractivity contribution in [3.05, 3.63) is 0 Å². The maximum absolute atomic E-state index is 11.7. The van der Waals surface area contributed by atoms with Crippen LogP contribution in [0.5, 0.6) is 0 Å². The Bertz CT molecular complexity index is 311. The van der Waals surface area contributed by atoms with Crippen LogP contribution in [0, 0.1) is 11.8 Å². The first kappa shape index (κ1) is 15.9. The summed E-state index contributed by atoms with van der Waals surface area (Å²) in [5.41, 5.74) is 5.64. The fourth-order valence-electron chi connectivity index (χ4n) is 2.38. The second-order valence-corrected chi connectivity index (χ2v) is 7.06. The van der Waals surface area contributed by atoms with E-state index in [9.17, 15) is 8.42 Å². The van der Waals surface area contributed by atoms with Gasteiger partial charge in [-0.2, -0.15) is 0 Å². The molecule has 1 aliphatic rings. The summed E-state index contributed by atoms with van der Waals surface area (Å²) in [6.45, 7) is 1.82. The van der Waals surface area contributed by atoms with E-state index in [1.54, 1.807) is 7.11 Å². The zero-order valence-electron chi connectivity index (χ0n) is 11.2. The normalized spacial score (nSPS) is 25.2. The molecule has 18 heavy (non-hydrogen) atoms. The molecule has 0 heterocycles. The quantitative estimate of drug-likeness (QED) is 0.641. The summed E-state index contributed by atoms with van der Waals surface area (Å²) in [6, 6.07) is 0. The summed E-state index contributed by atoms with van der Waals surface area (Å²) >= 11 is 0. The van der Waals surface area contributed by atoms with E-state index in [-0.39, 0.29) is 5.75 Å². The Kier molecular flexibility index (Phi) is 7.14. The molecule has 0 amide bonds. The van der Waals surface area contributed by atoms with Gasteiger partial charge >= 0.3 is 0 Å². The Hall–Kier alpha value is -0.170. The average molecular weight is 278 g/mol. The highest BCUT2D eigenvalue weighted by Gasteiger charge is 2.21. The van der Waals surface area contributed by atoms with Crippen molar-refractivity contribution in [1.29, 1.82) is 0 Å². The molecule has 6 heteroatoms. The van der Waals surface area contributed by atoms with E-state index < -0.39 is 10.0 Å². The van der Waals surface area contributed by atoms with Gasteiger partial charge in [0, 0.05) is 20.3 Å². The number of sulfonamides is 1. The third kappa shape index (κ3) is 6.13. The Labute approximate surface area is 111 Å². The number of methoxy groups -OCH3 is 1. The molecule has 5 nitrogen and oxygen atoms in total. The maximum Gasteiger partial charge on any atom is 0.211 e. The summed E-state index contributed by atoms with van der Waals surface area (Å²) in [5, 5.41) is 0. The summed E-state index contributed by atoms with van der Waals surface area (Å²) in [7, 11) is -1.55. The van der Waals surface area contributed by atoms with Crippen LogP contribution < -0.4 is 10.5 Å². The molecular weight excluding hydrogens is 252 g/mol. The highest BCUT2D eigenvalue weighted by Crippen LogP contribution is 2.27.